The van der Waals surface area contributed by atoms with Crippen LogP contribution in [0.5, 0.6) is 0 Å². The lowest BCUT2D eigenvalue weighted by molar-refractivity contribution is 0.418. The van der Waals surface area contributed by atoms with Gasteiger partial charge in [0, 0.05) is 22.0 Å². The minimum Gasteiger partial charge on any atom is -0.375 e. The molecule has 0 bridgehead atoms. The largest absolute Gasteiger partial charge is 0.375 e. The van der Waals surface area contributed by atoms with Crippen LogP contribution in [-0.4, -0.2) is 0 Å². The van der Waals surface area contributed by atoms with Crippen LogP contribution in [0.1, 0.15) is 29.5 Å². The summed E-state index contributed by atoms with van der Waals surface area (Å²) in [7, 11) is 0. The molecule has 0 saturated carbocycles. The van der Waals surface area contributed by atoms with Crippen LogP contribution >= 0.6 is 23.2 Å². The highest BCUT2D eigenvalue weighted by molar-refractivity contribution is 6.35. The summed E-state index contributed by atoms with van der Waals surface area (Å²) in [5, 5.41) is 4.34. The SMILES string of the molecule is Fc1cc(F)c2c(c1)[C@@H]1C=CC[C@@H]1[C@@H](c1ccc(Cl)cc1Cl)N2. The van der Waals surface area contributed by atoms with E-state index in [-0.39, 0.29) is 17.9 Å². The van der Waals surface area contributed by atoms with Gasteiger partial charge in [0.1, 0.15) is 11.6 Å². The zero-order valence-electron chi connectivity index (χ0n) is 12.0. The van der Waals surface area contributed by atoms with E-state index in [1.807, 2.05) is 12.1 Å². The third-order valence-corrected chi connectivity index (χ3v) is 5.25. The maximum Gasteiger partial charge on any atom is 0.149 e. The highest BCUT2D eigenvalue weighted by Gasteiger charge is 2.39. The zero-order chi connectivity index (χ0) is 16.1. The van der Waals surface area contributed by atoms with E-state index < -0.39 is 11.6 Å². The molecule has 4 rings (SSSR count). The third kappa shape index (κ3) is 2.43. The second-order valence-electron chi connectivity index (χ2n) is 5.99. The Hall–Kier alpha value is -1.58. The predicted octanol–water partition coefficient (Wildman–Crippen LogP) is 6.10. The van der Waals surface area contributed by atoms with Gasteiger partial charge in [0.05, 0.1) is 11.7 Å². The minimum atomic E-state index is -0.575. The molecule has 118 valence electrons. The molecule has 0 aromatic heterocycles. The van der Waals surface area contributed by atoms with Gasteiger partial charge in [0.25, 0.3) is 0 Å². The van der Waals surface area contributed by atoms with Crippen molar-refractivity contribution in [3.8, 4) is 0 Å². The fourth-order valence-corrected chi connectivity index (χ4v) is 4.21. The normalized spacial score (nSPS) is 25.0. The van der Waals surface area contributed by atoms with Gasteiger partial charge in [0.2, 0.25) is 0 Å². The first-order valence-electron chi connectivity index (χ1n) is 7.41. The molecule has 0 radical (unpaired) electrons. The van der Waals surface area contributed by atoms with Gasteiger partial charge in [-0.15, -0.1) is 0 Å². The number of anilines is 1. The van der Waals surface area contributed by atoms with Gasteiger partial charge in [-0.1, -0.05) is 41.4 Å². The topological polar surface area (TPSA) is 12.0 Å². The van der Waals surface area contributed by atoms with E-state index in [2.05, 4.69) is 11.4 Å². The number of halogens is 4. The summed E-state index contributed by atoms with van der Waals surface area (Å²) in [4.78, 5) is 0. The van der Waals surface area contributed by atoms with Crippen molar-refractivity contribution in [1.82, 2.24) is 0 Å². The second-order valence-corrected chi connectivity index (χ2v) is 6.84. The molecule has 3 atom stereocenters. The van der Waals surface area contributed by atoms with E-state index in [1.165, 1.54) is 6.07 Å². The van der Waals surface area contributed by atoms with E-state index in [1.54, 1.807) is 12.1 Å². The summed E-state index contributed by atoms with van der Waals surface area (Å²) in [6, 6.07) is 7.51. The lowest BCUT2D eigenvalue weighted by Gasteiger charge is -2.38. The van der Waals surface area contributed by atoms with Gasteiger partial charge in [-0.2, -0.15) is 0 Å². The molecule has 2 aromatic carbocycles. The monoisotopic (exact) mass is 351 g/mol. The number of allylic oxidation sites excluding steroid dienone is 2. The van der Waals surface area contributed by atoms with E-state index in [9.17, 15) is 8.78 Å². The van der Waals surface area contributed by atoms with Gasteiger partial charge in [-0.25, -0.2) is 8.78 Å². The van der Waals surface area contributed by atoms with Crippen LogP contribution in [0, 0.1) is 17.6 Å². The number of nitrogens with one attached hydrogen (secondary N) is 1. The molecule has 0 amide bonds. The molecule has 2 aliphatic rings. The maximum absolute atomic E-state index is 14.3. The second kappa shape index (κ2) is 5.50. The summed E-state index contributed by atoms with van der Waals surface area (Å²) in [6.45, 7) is 0. The van der Waals surface area contributed by atoms with Crippen LogP contribution in [0.2, 0.25) is 10.0 Å². The maximum atomic E-state index is 14.3. The molecule has 1 N–H and O–H groups in total. The van der Waals surface area contributed by atoms with Gasteiger partial charge >= 0.3 is 0 Å². The first kappa shape index (κ1) is 15.0. The number of fused-ring (bicyclic) bond motifs is 3. The van der Waals surface area contributed by atoms with E-state index >= 15 is 0 Å². The van der Waals surface area contributed by atoms with E-state index in [0.717, 1.165) is 18.1 Å². The van der Waals surface area contributed by atoms with Crippen molar-refractivity contribution in [3.63, 3.8) is 0 Å². The summed E-state index contributed by atoms with van der Waals surface area (Å²) in [5.74, 6) is -0.977. The lowest BCUT2D eigenvalue weighted by Crippen LogP contribution is -2.30. The molecule has 5 heteroatoms. The standard InChI is InChI=1S/C18H13Cl2F2N/c19-9-4-5-13(15(20)6-9)17-12-3-1-2-11(12)14-7-10(21)8-16(22)18(14)23-17/h1-2,4-8,11-12,17,23H,3H2/t11-,12+,17+/m1/s1. The Morgan fingerprint density at radius 1 is 1.04 bits per heavy atom. The molecule has 1 nitrogen and oxygen atoms in total. The zero-order valence-corrected chi connectivity index (χ0v) is 13.5. The average molecular weight is 352 g/mol. The van der Waals surface area contributed by atoms with Crippen LogP contribution in [0.4, 0.5) is 14.5 Å². The molecule has 0 unspecified atom stereocenters. The number of benzene rings is 2. The quantitative estimate of drug-likeness (QED) is 0.612. The lowest BCUT2D eigenvalue weighted by atomic mass is 9.77. The summed E-state index contributed by atoms with van der Waals surface area (Å²) in [5.41, 5.74) is 1.90. The van der Waals surface area contributed by atoms with Crippen molar-refractivity contribution in [3.05, 3.63) is 75.3 Å². The van der Waals surface area contributed by atoms with E-state index in [4.69, 9.17) is 23.2 Å². The van der Waals surface area contributed by atoms with Gasteiger partial charge in [-0.05, 0) is 41.7 Å². The van der Waals surface area contributed by atoms with Crippen molar-refractivity contribution in [2.24, 2.45) is 5.92 Å². The molecule has 2 aromatic rings. The van der Waals surface area contributed by atoms with Crippen molar-refractivity contribution in [2.45, 2.75) is 18.4 Å². The Labute approximate surface area is 142 Å². The third-order valence-electron chi connectivity index (χ3n) is 4.68. The molecule has 23 heavy (non-hydrogen) atoms. The number of hydrogen-bond donors (Lipinski definition) is 1. The van der Waals surface area contributed by atoms with E-state index in [0.29, 0.717) is 21.3 Å². The molecular formula is C18H13Cl2F2N. The fourth-order valence-electron chi connectivity index (χ4n) is 3.68. The van der Waals surface area contributed by atoms with Crippen LogP contribution in [0.15, 0.2) is 42.5 Å². The van der Waals surface area contributed by atoms with Crippen LogP contribution < -0.4 is 5.32 Å². The molecule has 1 aliphatic carbocycles. The molecule has 1 heterocycles. The van der Waals surface area contributed by atoms with Crippen molar-refractivity contribution >= 4 is 28.9 Å². The Bertz CT molecular complexity index is 819. The summed E-state index contributed by atoms with van der Waals surface area (Å²) < 4.78 is 27.9. The van der Waals surface area contributed by atoms with Crippen LogP contribution in [-0.2, 0) is 0 Å². The Balaban J connectivity index is 1.84. The van der Waals surface area contributed by atoms with Gasteiger partial charge < -0.3 is 5.32 Å². The molecule has 0 fully saturated rings. The fraction of sp³-hybridized carbons (Fsp3) is 0.222. The first-order chi connectivity index (χ1) is 11.0. The average Bonchev–Trinajstić information content (AvgIpc) is 2.97. The van der Waals surface area contributed by atoms with Crippen LogP contribution in [0.25, 0.3) is 0 Å². The van der Waals surface area contributed by atoms with Crippen molar-refractivity contribution in [2.75, 3.05) is 5.32 Å². The molecule has 0 saturated heterocycles. The van der Waals surface area contributed by atoms with Crippen LogP contribution in [0.3, 0.4) is 0 Å². The Kier molecular flexibility index (Phi) is 3.58. The number of rotatable bonds is 1. The number of hydrogen-bond acceptors (Lipinski definition) is 1. The highest BCUT2D eigenvalue weighted by atomic mass is 35.5. The Morgan fingerprint density at radius 2 is 1.87 bits per heavy atom. The predicted molar refractivity (Wildman–Crippen MR) is 89.2 cm³/mol. The van der Waals surface area contributed by atoms with Gasteiger partial charge in [0.15, 0.2) is 0 Å². The first-order valence-corrected chi connectivity index (χ1v) is 8.17. The summed E-state index contributed by atoms with van der Waals surface area (Å²) >= 11 is 12.3. The van der Waals surface area contributed by atoms with Crippen molar-refractivity contribution in [1.29, 1.82) is 0 Å². The van der Waals surface area contributed by atoms with Crippen molar-refractivity contribution < 1.29 is 8.78 Å². The smallest absolute Gasteiger partial charge is 0.149 e. The molecule has 1 aliphatic heterocycles. The van der Waals surface area contributed by atoms with Gasteiger partial charge in [-0.3, -0.25) is 0 Å². The molecule has 0 spiro atoms. The minimum absolute atomic E-state index is 0.0202. The highest BCUT2D eigenvalue weighted by Crippen LogP contribution is 2.51. The summed E-state index contributed by atoms with van der Waals surface area (Å²) in [6.07, 6.45) is 4.92. The molecular weight excluding hydrogens is 339 g/mol. The Morgan fingerprint density at radius 3 is 2.65 bits per heavy atom.